The number of thiophene rings is 1. The quantitative estimate of drug-likeness (QED) is 0.613. The monoisotopic (exact) mass is 162 g/mol. The summed E-state index contributed by atoms with van der Waals surface area (Å²) in [5.74, 6) is 0. The molecule has 11 heavy (non-hydrogen) atoms. The standard InChI is InChI=1S/C8H6N2S/c1-10-6-8-3-2-7(11-8)4-5-9/h2-3H,4,6H2. The summed E-state index contributed by atoms with van der Waals surface area (Å²) in [4.78, 5) is 5.35. The molecule has 0 spiro atoms. The van der Waals surface area contributed by atoms with E-state index in [1.165, 1.54) is 0 Å². The highest BCUT2D eigenvalue weighted by atomic mass is 32.1. The van der Waals surface area contributed by atoms with Gasteiger partial charge in [0.1, 0.15) is 0 Å². The summed E-state index contributed by atoms with van der Waals surface area (Å²) in [6, 6.07) is 5.90. The molecule has 1 rings (SSSR count). The van der Waals surface area contributed by atoms with Crippen LogP contribution < -0.4 is 0 Å². The molecule has 54 valence electrons. The minimum absolute atomic E-state index is 0.441. The van der Waals surface area contributed by atoms with E-state index >= 15 is 0 Å². The highest BCUT2D eigenvalue weighted by Crippen LogP contribution is 2.17. The SMILES string of the molecule is [C-]#[N+]Cc1ccc(CC#N)s1. The lowest BCUT2D eigenvalue weighted by Gasteiger charge is -1.80. The molecule has 1 aromatic heterocycles. The van der Waals surface area contributed by atoms with Crippen molar-refractivity contribution in [2.75, 3.05) is 0 Å². The Morgan fingerprint density at radius 2 is 2.27 bits per heavy atom. The molecule has 1 aromatic rings. The molecule has 0 aliphatic carbocycles. The van der Waals surface area contributed by atoms with E-state index in [4.69, 9.17) is 11.8 Å². The summed E-state index contributed by atoms with van der Waals surface area (Å²) in [5.41, 5.74) is 0. The zero-order chi connectivity index (χ0) is 8.10. The van der Waals surface area contributed by atoms with Crippen molar-refractivity contribution in [1.82, 2.24) is 0 Å². The van der Waals surface area contributed by atoms with Crippen LogP contribution in [0.3, 0.4) is 0 Å². The molecule has 0 saturated carbocycles. The molecule has 0 amide bonds. The fourth-order valence-corrected chi connectivity index (χ4v) is 1.63. The Kier molecular flexibility index (Phi) is 2.66. The Balaban J connectivity index is 2.69. The van der Waals surface area contributed by atoms with Crippen LogP contribution in [0.25, 0.3) is 4.85 Å². The Bertz CT molecular complexity index is 283. The average Bonchev–Trinajstić information content (AvgIpc) is 2.38. The lowest BCUT2D eigenvalue weighted by atomic mass is 10.3. The van der Waals surface area contributed by atoms with Crippen LogP contribution in [0.2, 0.25) is 0 Å². The maximum Gasteiger partial charge on any atom is 0.248 e. The summed E-state index contributed by atoms with van der Waals surface area (Å²) < 4.78 is 0. The van der Waals surface area contributed by atoms with Gasteiger partial charge < -0.3 is 4.85 Å². The second-order valence-electron chi connectivity index (χ2n) is 2.02. The molecule has 0 N–H and O–H groups in total. The van der Waals surface area contributed by atoms with Crippen molar-refractivity contribution in [3.63, 3.8) is 0 Å². The highest BCUT2D eigenvalue weighted by Gasteiger charge is 2.00. The third-order valence-corrected chi connectivity index (χ3v) is 2.28. The number of hydrogen-bond acceptors (Lipinski definition) is 2. The van der Waals surface area contributed by atoms with E-state index in [0.29, 0.717) is 13.0 Å². The first-order chi connectivity index (χ1) is 5.36. The van der Waals surface area contributed by atoms with E-state index < -0.39 is 0 Å². The first-order valence-electron chi connectivity index (χ1n) is 3.14. The maximum absolute atomic E-state index is 8.36. The zero-order valence-electron chi connectivity index (χ0n) is 5.87. The molecule has 2 nitrogen and oxygen atoms in total. The topological polar surface area (TPSA) is 28.1 Å². The van der Waals surface area contributed by atoms with Gasteiger partial charge in [-0.25, -0.2) is 6.57 Å². The zero-order valence-corrected chi connectivity index (χ0v) is 6.69. The van der Waals surface area contributed by atoms with E-state index in [1.54, 1.807) is 11.3 Å². The average molecular weight is 162 g/mol. The summed E-state index contributed by atoms with van der Waals surface area (Å²) in [6.45, 7) is 7.06. The van der Waals surface area contributed by atoms with Crippen LogP contribution in [0.5, 0.6) is 0 Å². The Hall–Kier alpha value is -1.32. The van der Waals surface area contributed by atoms with Gasteiger partial charge in [0, 0.05) is 4.88 Å². The van der Waals surface area contributed by atoms with E-state index in [-0.39, 0.29) is 0 Å². The van der Waals surface area contributed by atoms with Crippen molar-refractivity contribution in [2.45, 2.75) is 13.0 Å². The second kappa shape index (κ2) is 3.75. The first kappa shape index (κ1) is 7.78. The van der Waals surface area contributed by atoms with Crippen LogP contribution in [0, 0.1) is 17.9 Å². The van der Waals surface area contributed by atoms with Crippen LogP contribution in [-0.4, -0.2) is 0 Å². The second-order valence-corrected chi connectivity index (χ2v) is 3.27. The Morgan fingerprint density at radius 3 is 2.91 bits per heavy atom. The summed E-state index contributed by atoms with van der Waals surface area (Å²) >= 11 is 1.55. The van der Waals surface area contributed by atoms with Crippen molar-refractivity contribution in [3.8, 4) is 6.07 Å². The maximum atomic E-state index is 8.36. The number of hydrogen-bond donors (Lipinski definition) is 0. The largest absolute Gasteiger partial charge is 0.311 e. The van der Waals surface area contributed by atoms with Crippen LogP contribution in [0.1, 0.15) is 9.75 Å². The smallest absolute Gasteiger partial charge is 0.248 e. The summed E-state index contributed by atoms with van der Waals surface area (Å²) in [5, 5.41) is 8.36. The van der Waals surface area contributed by atoms with Gasteiger partial charge in [-0.15, -0.1) is 11.3 Å². The van der Waals surface area contributed by atoms with Gasteiger partial charge in [0.2, 0.25) is 6.54 Å². The third-order valence-electron chi connectivity index (χ3n) is 1.21. The number of rotatable bonds is 2. The van der Waals surface area contributed by atoms with E-state index in [1.807, 2.05) is 12.1 Å². The number of nitrogens with zero attached hydrogens (tertiary/aromatic N) is 2. The van der Waals surface area contributed by atoms with Crippen molar-refractivity contribution in [1.29, 1.82) is 5.26 Å². The normalized spacial score (nSPS) is 8.55. The predicted molar refractivity (Wildman–Crippen MR) is 43.9 cm³/mol. The van der Waals surface area contributed by atoms with Crippen molar-refractivity contribution < 1.29 is 0 Å². The van der Waals surface area contributed by atoms with Crippen LogP contribution in [0.15, 0.2) is 12.1 Å². The van der Waals surface area contributed by atoms with Crippen molar-refractivity contribution in [2.24, 2.45) is 0 Å². The third kappa shape index (κ3) is 2.07. The summed E-state index contributed by atoms with van der Waals surface area (Å²) in [6.07, 6.45) is 0.461. The van der Waals surface area contributed by atoms with Gasteiger partial charge in [-0.05, 0) is 12.1 Å². The molecule has 3 heteroatoms. The fraction of sp³-hybridized carbons (Fsp3) is 0.250. The minimum atomic E-state index is 0.441. The molecule has 0 radical (unpaired) electrons. The molecule has 0 unspecified atom stereocenters. The molecule has 0 aliphatic rings. The molecule has 0 aliphatic heterocycles. The van der Waals surface area contributed by atoms with E-state index in [2.05, 4.69) is 10.9 Å². The van der Waals surface area contributed by atoms with Gasteiger partial charge in [0.15, 0.2) is 0 Å². The van der Waals surface area contributed by atoms with Crippen molar-refractivity contribution in [3.05, 3.63) is 33.3 Å². The Labute approximate surface area is 69.5 Å². The van der Waals surface area contributed by atoms with Crippen molar-refractivity contribution >= 4 is 11.3 Å². The van der Waals surface area contributed by atoms with Crippen LogP contribution >= 0.6 is 11.3 Å². The molecule has 0 saturated heterocycles. The molecular weight excluding hydrogens is 156 g/mol. The molecule has 0 aromatic carbocycles. The molecule has 1 heterocycles. The Morgan fingerprint density at radius 1 is 1.55 bits per heavy atom. The van der Waals surface area contributed by atoms with Gasteiger partial charge in [0.05, 0.1) is 17.4 Å². The van der Waals surface area contributed by atoms with E-state index in [9.17, 15) is 0 Å². The highest BCUT2D eigenvalue weighted by molar-refractivity contribution is 7.12. The fourth-order valence-electron chi connectivity index (χ4n) is 0.758. The molecule has 0 fully saturated rings. The number of nitriles is 1. The van der Waals surface area contributed by atoms with Gasteiger partial charge in [0.25, 0.3) is 0 Å². The van der Waals surface area contributed by atoms with Gasteiger partial charge >= 0.3 is 0 Å². The molecule has 0 bridgehead atoms. The lowest BCUT2D eigenvalue weighted by Crippen LogP contribution is -1.69. The predicted octanol–water partition coefficient (Wildman–Crippen LogP) is 2.23. The minimum Gasteiger partial charge on any atom is -0.311 e. The lowest BCUT2D eigenvalue weighted by molar-refractivity contribution is 1.32. The van der Waals surface area contributed by atoms with Crippen LogP contribution in [-0.2, 0) is 13.0 Å². The summed E-state index contributed by atoms with van der Waals surface area (Å²) in [7, 11) is 0. The van der Waals surface area contributed by atoms with Gasteiger partial charge in [-0.1, -0.05) is 0 Å². The van der Waals surface area contributed by atoms with E-state index in [0.717, 1.165) is 9.75 Å². The van der Waals surface area contributed by atoms with Gasteiger partial charge in [-0.2, -0.15) is 5.26 Å². The first-order valence-corrected chi connectivity index (χ1v) is 3.96. The molecule has 0 atom stereocenters. The van der Waals surface area contributed by atoms with Crippen LogP contribution in [0.4, 0.5) is 0 Å². The molecular formula is C8H6N2S. The van der Waals surface area contributed by atoms with Gasteiger partial charge in [-0.3, -0.25) is 0 Å².